The highest BCUT2D eigenvalue weighted by Crippen LogP contribution is 2.31. The van der Waals surface area contributed by atoms with Crippen LogP contribution in [0.2, 0.25) is 0 Å². The number of nitrogens with one attached hydrogen (secondary N) is 1. The summed E-state index contributed by atoms with van der Waals surface area (Å²) in [4.78, 5) is 36.3. The van der Waals surface area contributed by atoms with Gasteiger partial charge in [-0.25, -0.2) is 4.98 Å². The molecule has 0 radical (unpaired) electrons. The predicted molar refractivity (Wildman–Crippen MR) is 82.9 cm³/mol. The third kappa shape index (κ3) is 3.00. The molecule has 0 unspecified atom stereocenters. The molecule has 106 valence electrons. The van der Waals surface area contributed by atoms with Gasteiger partial charge < -0.3 is 14.8 Å². The summed E-state index contributed by atoms with van der Waals surface area (Å²) in [5, 5.41) is 0.872. The average molecular weight is 300 g/mol. The Kier molecular flexibility index (Phi) is 3.80. The Morgan fingerprint density at radius 3 is 2.52 bits per heavy atom. The third-order valence-corrected chi connectivity index (χ3v) is 3.87. The Morgan fingerprint density at radius 1 is 1.05 bits per heavy atom. The molecule has 0 aliphatic carbocycles. The van der Waals surface area contributed by atoms with E-state index >= 15 is 0 Å². The lowest BCUT2D eigenvalue weighted by Gasteiger charge is -2.07. The van der Waals surface area contributed by atoms with E-state index in [4.69, 9.17) is 9.79 Å². The number of aromatic nitrogens is 2. The van der Waals surface area contributed by atoms with Gasteiger partial charge in [0.15, 0.2) is 8.38 Å². The Morgan fingerprint density at radius 2 is 1.81 bits per heavy atom. The lowest BCUT2D eigenvalue weighted by Crippen LogP contribution is -2.03. The molecule has 3 aromatic rings. The van der Waals surface area contributed by atoms with Crippen LogP contribution < -0.4 is 5.56 Å². The molecule has 21 heavy (non-hydrogen) atoms. The van der Waals surface area contributed by atoms with E-state index in [2.05, 4.69) is 9.97 Å². The molecule has 0 saturated carbocycles. The quantitative estimate of drug-likeness (QED) is 0.648. The standard InChI is InChI=1S/C15H13N2O3P/c18-14-6-5-13-12(7-8-16-15(13)17-14)11-3-1-10(2-4-11)9-21(19)20/h1-8,19-20H,9H2,(H,16,17,18). The van der Waals surface area contributed by atoms with Gasteiger partial charge in [0.2, 0.25) is 5.56 Å². The van der Waals surface area contributed by atoms with Gasteiger partial charge in [0, 0.05) is 23.8 Å². The minimum atomic E-state index is -1.92. The van der Waals surface area contributed by atoms with E-state index in [9.17, 15) is 4.79 Å². The van der Waals surface area contributed by atoms with Crippen molar-refractivity contribution in [2.45, 2.75) is 6.16 Å². The van der Waals surface area contributed by atoms with Crippen LogP contribution in [0.1, 0.15) is 5.56 Å². The average Bonchev–Trinajstić information content (AvgIpc) is 2.46. The summed E-state index contributed by atoms with van der Waals surface area (Å²) in [6, 6.07) is 12.7. The van der Waals surface area contributed by atoms with Crippen molar-refractivity contribution in [2.24, 2.45) is 0 Å². The Bertz CT molecular complexity index is 828. The molecule has 5 nitrogen and oxygen atoms in total. The molecule has 0 spiro atoms. The van der Waals surface area contributed by atoms with Crippen LogP contribution in [0.15, 0.2) is 53.5 Å². The molecule has 3 rings (SSSR count). The molecular weight excluding hydrogens is 287 g/mol. The lowest BCUT2D eigenvalue weighted by molar-refractivity contribution is 0.481. The van der Waals surface area contributed by atoms with Crippen molar-refractivity contribution in [1.82, 2.24) is 9.97 Å². The number of hydrogen-bond acceptors (Lipinski definition) is 4. The van der Waals surface area contributed by atoms with E-state index in [1.165, 1.54) is 6.07 Å². The largest absolute Gasteiger partial charge is 0.350 e. The lowest BCUT2D eigenvalue weighted by atomic mass is 10.0. The number of fused-ring (bicyclic) bond motifs is 1. The number of nitrogens with zero attached hydrogens (tertiary/aromatic N) is 1. The first-order valence-electron chi connectivity index (χ1n) is 6.36. The van der Waals surface area contributed by atoms with Crippen LogP contribution in [0.3, 0.4) is 0 Å². The van der Waals surface area contributed by atoms with Crippen LogP contribution in [0.4, 0.5) is 0 Å². The van der Waals surface area contributed by atoms with E-state index in [0.29, 0.717) is 5.65 Å². The molecule has 1 aromatic carbocycles. The number of rotatable bonds is 3. The first-order chi connectivity index (χ1) is 10.1. The monoisotopic (exact) mass is 300 g/mol. The van der Waals surface area contributed by atoms with Gasteiger partial charge in [0.05, 0.1) is 0 Å². The molecule has 2 heterocycles. The molecule has 0 saturated heterocycles. The summed E-state index contributed by atoms with van der Waals surface area (Å²) >= 11 is 0. The van der Waals surface area contributed by atoms with E-state index < -0.39 is 8.38 Å². The van der Waals surface area contributed by atoms with Crippen molar-refractivity contribution in [3.05, 3.63) is 64.6 Å². The van der Waals surface area contributed by atoms with Crippen LogP contribution in [-0.4, -0.2) is 19.8 Å². The van der Waals surface area contributed by atoms with Gasteiger partial charge >= 0.3 is 0 Å². The highest BCUT2D eigenvalue weighted by Gasteiger charge is 2.06. The van der Waals surface area contributed by atoms with Gasteiger partial charge in [-0.05, 0) is 28.8 Å². The first kappa shape index (κ1) is 13.9. The molecule has 0 amide bonds. The minimum Gasteiger partial charge on any atom is -0.350 e. The summed E-state index contributed by atoms with van der Waals surface area (Å²) in [5.74, 6) is 0. The second kappa shape index (κ2) is 5.74. The summed E-state index contributed by atoms with van der Waals surface area (Å²) in [6.45, 7) is 0. The smallest absolute Gasteiger partial charge is 0.249 e. The zero-order valence-corrected chi connectivity index (χ0v) is 11.9. The van der Waals surface area contributed by atoms with Crippen LogP contribution >= 0.6 is 8.38 Å². The maximum absolute atomic E-state index is 11.3. The van der Waals surface area contributed by atoms with Crippen molar-refractivity contribution >= 4 is 19.4 Å². The van der Waals surface area contributed by atoms with E-state index in [1.807, 2.05) is 30.3 Å². The van der Waals surface area contributed by atoms with Crippen molar-refractivity contribution in [2.75, 3.05) is 0 Å². The van der Waals surface area contributed by atoms with Gasteiger partial charge in [-0.1, -0.05) is 24.3 Å². The topological polar surface area (TPSA) is 86.2 Å². The molecule has 2 aromatic heterocycles. The third-order valence-electron chi connectivity index (χ3n) is 3.22. The van der Waals surface area contributed by atoms with E-state index in [0.717, 1.165) is 22.1 Å². The van der Waals surface area contributed by atoms with Gasteiger partial charge in [-0.2, -0.15) is 0 Å². The number of aromatic amines is 1. The SMILES string of the molecule is O=c1ccc2c(-c3ccc(CP(O)O)cc3)ccnc2[nH]1. The van der Waals surface area contributed by atoms with Crippen LogP contribution in [-0.2, 0) is 6.16 Å². The fourth-order valence-corrected chi connectivity index (χ4v) is 2.80. The molecule has 6 heteroatoms. The molecule has 3 N–H and O–H groups in total. The first-order valence-corrected chi connectivity index (χ1v) is 7.79. The minimum absolute atomic E-state index is 0.179. The molecule has 0 fully saturated rings. The highest BCUT2D eigenvalue weighted by atomic mass is 31.2. The normalized spacial score (nSPS) is 11.2. The van der Waals surface area contributed by atoms with Crippen molar-refractivity contribution in [3.63, 3.8) is 0 Å². The van der Waals surface area contributed by atoms with Gasteiger partial charge in [0.1, 0.15) is 5.65 Å². The second-order valence-corrected chi connectivity index (χ2v) is 5.73. The Balaban J connectivity index is 2.06. The van der Waals surface area contributed by atoms with Gasteiger partial charge in [-0.15, -0.1) is 0 Å². The number of hydrogen-bond donors (Lipinski definition) is 3. The fourth-order valence-electron chi connectivity index (χ4n) is 2.26. The molecule has 0 aliphatic heterocycles. The van der Waals surface area contributed by atoms with Crippen molar-refractivity contribution in [1.29, 1.82) is 0 Å². The number of H-pyrrole nitrogens is 1. The van der Waals surface area contributed by atoms with Crippen LogP contribution in [0, 0.1) is 0 Å². The van der Waals surface area contributed by atoms with Gasteiger partial charge in [0.25, 0.3) is 0 Å². The van der Waals surface area contributed by atoms with Crippen molar-refractivity contribution in [3.8, 4) is 11.1 Å². The van der Waals surface area contributed by atoms with Crippen LogP contribution in [0.5, 0.6) is 0 Å². The summed E-state index contributed by atoms with van der Waals surface area (Å²) in [5.41, 5.74) is 3.21. The summed E-state index contributed by atoms with van der Waals surface area (Å²) < 4.78 is 0. The summed E-state index contributed by atoms with van der Waals surface area (Å²) in [6.07, 6.45) is 1.92. The van der Waals surface area contributed by atoms with Crippen molar-refractivity contribution < 1.29 is 9.79 Å². The van der Waals surface area contributed by atoms with E-state index in [-0.39, 0.29) is 11.7 Å². The van der Waals surface area contributed by atoms with Crippen LogP contribution in [0.25, 0.3) is 22.2 Å². The zero-order chi connectivity index (χ0) is 14.8. The summed E-state index contributed by atoms with van der Waals surface area (Å²) in [7, 11) is -1.92. The highest BCUT2D eigenvalue weighted by molar-refractivity contribution is 7.44. The molecular formula is C15H13N2O3P. The number of pyridine rings is 2. The zero-order valence-electron chi connectivity index (χ0n) is 11.0. The predicted octanol–water partition coefficient (Wildman–Crippen LogP) is 2.39. The maximum atomic E-state index is 11.3. The maximum Gasteiger partial charge on any atom is 0.249 e. The molecule has 0 atom stereocenters. The Labute approximate surface area is 121 Å². The van der Waals surface area contributed by atoms with E-state index in [1.54, 1.807) is 12.3 Å². The molecule has 0 aliphatic rings. The van der Waals surface area contributed by atoms with Gasteiger partial charge in [-0.3, -0.25) is 4.79 Å². The number of benzene rings is 1. The second-order valence-electron chi connectivity index (χ2n) is 4.67. The fraction of sp³-hybridized carbons (Fsp3) is 0.0667. The molecule has 0 bridgehead atoms. The Hall–Kier alpha value is -2.07.